The van der Waals surface area contributed by atoms with Crippen molar-refractivity contribution in [2.24, 2.45) is 0 Å². The van der Waals surface area contributed by atoms with Gasteiger partial charge in [0.25, 0.3) is 11.1 Å². The molecular weight excluding hydrogens is 650 g/mol. The third kappa shape index (κ3) is 6.55. The van der Waals surface area contributed by atoms with E-state index in [4.69, 9.17) is 30.0 Å². The van der Waals surface area contributed by atoms with Crippen LogP contribution in [0, 0.1) is 0 Å². The van der Waals surface area contributed by atoms with Crippen LogP contribution in [0.3, 0.4) is 0 Å². The van der Waals surface area contributed by atoms with Gasteiger partial charge in [-0.15, -0.1) is 0 Å². The maximum atomic E-state index is 13.0. The number of anilines is 2. The first-order chi connectivity index (χ1) is 21.2. The molecule has 244 valence electrons. The van der Waals surface area contributed by atoms with E-state index in [0.717, 1.165) is 0 Å². The fourth-order valence-corrected chi connectivity index (χ4v) is 6.32. The van der Waals surface area contributed by atoms with E-state index in [-0.39, 0.29) is 47.1 Å². The van der Waals surface area contributed by atoms with Gasteiger partial charge in [0, 0.05) is 12.8 Å². The van der Waals surface area contributed by atoms with Crippen molar-refractivity contribution in [2.75, 3.05) is 24.7 Å². The number of H-pyrrole nitrogens is 2. The van der Waals surface area contributed by atoms with Crippen LogP contribution >= 0.6 is 15.6 Å². The Morgan fingerprint density at radius 2 is 1.38 bits per heavy atom. The van der Waals surface area contributed by atoms with Crippen molar-refractivity contribution >= 4 is 49.9 Å². The van der Waals surface area contributed by atoms with Crippen LogP contribution in [0.4, 0.5) is 11.9 Å². The van der Waals surface area contributed by atoms with Gasteiger partial charge in [0.2, 0.25) is 11.9 Å². The number of phosphoric ester groups is 2. The van der Waals surface area contributed by atoms with Gasteiger partial charge in [-0.2, -0.15) is 9.97 Å². The molecule has 23 nitrogen and oxygen atoms in total. The van der Waals surface area contributed by atoms with E-state index in [9.17, 15) is 38.5 Å². The van der Waals surface area contributed by atoms with E-state index < -0.39 is 76.8 Å². The third-order valence-electron chi connectivity index (χ3n) is 6.98. The SMILES string of the molecule is Nc1nc2c(ncn2C2CC(O)C(COP(=O)(O)OC3CC(n4cnc5c(=O)[nH]c(N)nc54)OC3COP(=O)(O)O)O2)c(=O)[nH]1. The number of phosphoric acid groups is 2. The number of aliphatic hydroxyl groups excluding tert-OH is 1. The number of rotatable bonds is 10. The molecule has 0 bridgehead atoms. The number of imidazole rings is 2. The third-order valence-corrected chi connectivity index (χ3v) is 8.48. The van der Waals surface area contributed by atoms with Gasteiger partial charge in [-0.05, 0) is 0 Å². The lowest BCUT2D eigenvalue weighted by molar-refractivity contribution is -0.0549. The van der Waals surface area contributed by atoms with E-state index in [2.05, 4.69) is 34.4 Å². The van der Waals surface area contributed by atoms with Gasteiger partial charge >= 0.3 is 15.6 Å². The molecule has 7 atom stereocenters. The molecule has 0 aromatic carbocycles. The number of nitrogen functional groups attached to an aromatic ring is 2. The minimum absolute atomic E-state index is 0.00933. The largest absolute Gasteiger partial charge is 0.472 e. The monoisotopic (exact) mass is 676 g/mol. The Balaban J connectivity index is 1.14. The minimum atomic E-state index is -4.98. The molecule has 10 N–H and O–H groups in total. The minimum Gasteiger partial charge on any atom is -0.390 e. The van der Waals surface area contributed by atoms with Gasteiger partial charge in [-0.25, -0.2) is 19.1 Å². The molecule has 0 radical (unpaired) electrons. The first-order valence-corrected chi connectivity index (χ1v) is 16.0. The molecule has 25 heteroatoms. The van der Waals surface area contributed by atoms with Crippen LogP contribution in [0.25, 0.3) is 22.3 Å². The number of aromatic amines is 2. The fourth-order valence-electron chi connectivity index (χ4n) is 5.02. The highest BCUT2D eigenvalue weighted by Crippen LogP contribution is 2.50. The molecule has 2 aliphatic rings. The lowest BCUT2D eigenvalue weighted by Gasteiger charge is -2.22. The molecule has 2 fully saturated rings. The second-order valence-electron chi connectivity index (χ2n) is 10.0. The number of hydrogen-bond acceptors (Lipinski definition) is 16. The average molecular weight is 676 g/mol. The van der Waals surface area contributed by atoms with Crippen LogP contribution in [0.1, 0.15) is 25.3 Å². The van der Waals surface area contributed by atoms with Crippen LogP contribution in [-0.2, 0) is 32.2 Å². The van der Waals surface area contributed by atoms with E-state index >= 15 is 0 Å². The molecule has 7 unspecified atom stereocenters. The zero-order valence-corrected chi connectivity index (χ0v) is 24.4. The normalized spacial score (nSPS) is 27.0. The average Bonchev–Trinajstić information content (AvgIpc) is 3.71. The topological polar surface area (TPSA) is 340 Å². The van der Waals surface area contributed by atoms with Gasteiger partial charge in [0.05, 0.1) is 32.0 Å². The molecule has 0 aliphatic carbocycles. The van der Waals surface area contributed by atoms with Gasteiger partial charge < -0.3 is 40.7 Å². The summed E-state index contributed by atoms with van der Waals surface area (Å²) in [5.41, 5.74) is 10.0. The first-order valence-electron chi connectivity index (χ1n) is 13.0. The second-order valence-corrected chi connectivity index (χ2v) is 12.7. The van der Waals surface area contributed by atoms with Crippen LogP contribution in [0.5, 0.6) is 0 Å². The van der Waals surface area contributed by atoms with Crippen LogP contribution in [-0.4, -0.2) is 96.5 Å². The summed E-state index contributed by atoms with van der Waals surface area (Å²) in [4.78, 5) is 73.7. The lowest BCUT2D eigenvalue weighted by atomic mass is 10.2. The molecule has 4 aromatic heterocycles. The van der Waals surface area contributed by atoms with Crippen molar-refractivity contribution in [1.29, 1.82) is 0 Å². The highest BCUT2D eigenvalue weighted by atomic mass is 31.2. The van der Waals surface area contributed by atoms with E-state index in [1.165, 1.54) is 21.8 Å². The molecule has 45 heavy (non-hydrogen) atoms. The Morgan fingerprint density at radius 1 is 0.867 bits per heavy atom. The molecule has 0 saturated carbocycles. The molecule has 4 aromatic rings. The van der Waals surface area contributed by atoms with Gasteiger partial charge in [0.1, 0.15) is 30.8 Å². The molecule has 0 amide bonds. The Bertz CT molecular complexity index is 1950. The summed E-state index contributed by atoms with van der Waals surface area (Å²) in [6, 6.07) is 0. The van der Waals surface area contributed by atoms with Crippen molar-refractivity contribution < 1.29 is 52.0 Å². The van der Waals surface area contributed by atoms with Crippen molar-refractivity contribution in [3.05, 3.63) is 33.4 Å². The summed E-state index contributed by atoms with van der Waals surface area (Å²) in [6.45, 7) is -1.40. The predicted octanol–water partition coefficient (Wildman–Crippen LogP) is -2.04. The summed E-state index contributed by atoms with van der Waals surface area (Å²) in [5, 5.41) is 10.6. The molecule has 6 rings (SSSR count). The van der Waals surface area contributed by atoms with Gasteiger partial charge in [-0.1, -0.05) is 0 Å². The fraction of sp³-hybridized carbons (Fsp3) is 0.500. The quantitative estimate of drug-likeness (QED) is 0.0839. The zero-order valence-electron chi connectivity index (χ0n) is 22.6. The van der Waals surface area contributed by atoms with E-state index in [1.807, 2.05) is 0 Å². The summed E-state index contributed by atoms with van der Waals surface area (Å²) in [6.07, 6.45) is -4.69. The van der Waals surface area contributed by atoms with E-state index in [0.29, 0.717) is 0 Å². The lowest BCUT2D eigenvalue weighted by Crippen LogP contribution is -2.29. The van der Waals surface area contributed by atoms with Crippen LogP contribution in [0.2, 0.25) is 0 Å². The van der Waals surface area contributed by atoms with Crippen LogP contribution in [0.15, 0.2) is 22.2 Å². The standard InChI is InChI=1S/C20H26N10O13P2/c21-19-25-15-13(17(32)27-19)23-5-29(15)11-1-7(31)9(41-11)3-40-45(37,38)43-8-2-12(42-10(8)4-39-44(34,35)36)30-6-24-14-16(30)26-20(22)28-18(14)33/h5-12,31H,1-4H2,(H,37,38)(H2,34,35,36)(H3,21,25,27,32)(H3,22,26,28,33). The maximum absolute atomic E-state index is 13.0. The predicted molar refractivity (Wildman–Crippen MR) is 147 cm³/mol. The number of fused-ring (bicyclic) bond motifs is 2. The van der Waals surface area contributed by atoms with Crippen molar-refractivity contribution in [3.8, 4) is 0 Å². The number of nitrogens with two attached hydrogens (primary N) is 2. The number of nitrogens with zero attached hydrogens (tertiary/aromatic N) is 6. The summed E-state index contributed by atoms with van der Waals surface area (Å²) in [7, 11) is -9.93. The Morgan fingerprint density at radius 3 is 1.93 bits per heavy atom. The second kappa shape index (κ2) is 11.6. The number of nitrogens with one attached hydrogen (secondary N) is 2. The molecular formula is C20H26N10O13P2. The van der Waals surface area contributed by atoms with Crippen molar-refractivity contribution in [1.82, 2.24) is 39.0 Å². The van der Waals surface area contributed by atoms with E-state index in [1.54, 1.807) is 0 Å². The Kier molecular flexibility index (Phi) is 8.12. The summed E-state index contributed by atoms with van der Waals surface area (Å²) >= 11 is 0. The highest BCUT2D eigenvalue weighted by Gasteiger charge is 2.44. The summed E-state index contributed by atoms with van der Waals surface area (Å²) < 4.78 is 53.5. The zero-order chi connectivity index (χ0) is 32.3. The number of ether oxygens (including phenoxy) is 2. The maximum Gasteiger partial charge on any atom is 0.472 e. The molecule has 0 spiro atoms. The Hall–Kier alpha value is -3.60. The number of hydrogen-bond donors (Lipinski definition) is 8. The first kappa shape index (κ1) is 31.4. The smallest absolute Gasteiger partial charge is 0.390 e. The Labute approximate surface area is 248 Å². The highest BCUT2D eigenvalue weighted by molar-refractivity contribution is 7.47. The molecule has 6 heterocycles. The molecule has 2 aliphatic heterocycles. The van der Waals surface area contributed by atoms with Crippen molar-refractivity contribution in [3.63, 3.8) is 0 Å². The van der Waals surface area contributed by atoms with Gasteiger partial charge in [-0.3, -0.25) is 42.3 Å². The number of aromatic nitrogens is 8. The van der Waals surface area contributed by atoms with Gasteiger partial charge in [0.15, 0.2) is 22.3 Å². The molecule has 2 saturated heterocycles. The summed E-state index contributed by atoms with van der Waals surface area (Å²) in [5.74, 6) is -0.382. The van der Waals surface area contributed by atoms with Crippen LogP contribution < -0.4 is 22.6 Å². The van der Waals surface area contributed by atoms with Crippen molar-refractivity contribution in [2.45, 2.75) is 49.7 Å². The number of aliphatic hydroxyl groups is 1.